The van der Waals surface area contributed by atoms with Crippen LogP contribution in [0.4, 0.5) is 0 Å². The van der Waals surface area contributed by atoms with E-state index in [9.17, 15) is 0 Å². The summed E-state index contributed by atoms with van der Waals surface area (Å²) in [5.41, 5.74) is 6.56. The van der Waals surface area contributed by atoms with Crippen molar-refractivity contribution in [3.05, 3.63) is 0 Å². The van der Waals surface area contributed by atoms with E-state index in [4.69, 9.17) is 10.5 Å². The first kappa shape index (κ1) is 13.3. The number of hydrogen-bond acceptors (Lipinski definition) is 4. The average molecular weight is 241 g/mol. The van der Waals surface area contributed by atoms with Gasteiger partial charge in [-0.05, 0) is 20.9 Å². The molecular weight excluding hydrogens is 214 g/mol. The lowest BCUT2D eigenvalue weighted by atomic mass is 9.84. The Morgan fingerprint density at radius 3 is 2.53 bits per heavy atom. The van der Waals surface area contributed by atoms with Gasteiger partial charge in [-0.2, -0.15) is 0 Å². The molecule has 2 N–H and O–H groups in total. The van der Waals surface area contributed by atoms with E-state index in [1.54, 1.807) is 0 Å². The molecule has 4 heteroatoms. The zero-order chi connectivity index (χ0) is 12.7. The van der Waals surface area contributed by atoms with Crippen molar-refractivity contribution < 1.29 is 4.74 Å². The zero-order valence-corrected chi connectivity index (χ0v) is 11.7. The molecule has 2 fully saturated rings. The van der Waals surface area contributed by atoms with Gasteiger partial charge in [-0.15, -0.1) is 0 Å². The van der Waals surface area contributed by atoms with Gasteiger partial charge >= 0.3 is 0 Å². The molecule has 2 aliphatic heterocycles. The van der Waals surface area contributed by atoms with Crippen LogP contribution in [0.5, 0.6) is 0 Å². The topological polar surface area (TPSA) is 41.7 Å². The second kappa shape index (κ2) is 4.50. The Labute approximate surface area is 105 Å². The average Bonchev–Trinajstić information content (AvgIpc) is 2.53. The highest BCUT2D eigenvalue weighted by Gasteiger charge is 2.41. The van der Waals surface area contributed by atoms with E-state index < -0.39 is 0 Å². The fourth-order valence-corrected chi connectivity index (χ4v) is 2.88. The van der Waals surface area contributed by atoms with Gasteiger partial charge in [-0.25, -0.2) is 0 Å². The van der Waals surface area contributed by atoms with Gasteiger partial charge in [0.2, 0.25) is 0 Å². The van der Waals surface area contributed by atoms with Gasteiger partial charge in [-0.1, -0.05) is 6.92 Å². The molecule has 2 rings (SSSR count). The number of likely N-dealkylation sites (N-methyl/N-ethyl adjacent to an activating group) is 1. The summed E-state index contributed by atoms with van der Waals surface area (Å²) in [6, 6.07) is 0.185. The van der Waals surface area contributed by atoms with Crippen LogP contribution in [0.1, 0.15) is 20.8 Å². The first-order chi connectivity index (χ1) is 7.83. The predicted octanol–water partition coefficient (Wildman–Crippen LogP) is 0.376. The number of rotatable bonds is 2. The molecule has 0 saturated carbocycles. The highest BCUT2D eigenvalue weighted by atomic mass is 16.5. The van der Waals surface area contributed by atoms with Crippen molar-refractivity contribution >= 4 is 0 Å². The van der Waals surface area contributed by atoms with E-state index >= 15 is 0 Å². The standard InChI is InChI=1S/C13H27N3O/c1-12(2)8-16(6-5-15(12)4)9-13(3)10-17-7-11(13)14/h11H,5-10,14H2,1-4H3. The van der Waals surface area contributed by atoms with Gasteiger partial charge in [0.15, 0.2) is 0 Å². The van der Waals surface area contributed by atoms with Crippen molar-refractivity contribution in [2.45, 2.75) is 32.4 Å². The quantitative estimate of drug-likeness (QED) is 0.759. The third-order valence-corrected chi connectivity index (χ3v) is 4.60. The molecule has 0 aliphatic carbocycles. The van der Waals surface area contributed by atoms with Gasteiger partial charge in [0.25, 0.3) is 0 Å². The SMILES string of the molecule is CN1CCN(CC2(C)COCC2N)CC1(C)C. The molecule has 0 aromatic heterocycles. The minimum atomic E-state index is 0.131. The smallest absolute Gasteiger partial charge is 0.0624 e. The van der Waals surface area contributed by atoms with Crippen LogP contribution in [0.25, 0.3) is 0 Å². The number of nitrogens with zero attached hydrogens (tertiary/aromatic N) is 2. The molecule has 0 aromatic rings. The molecule has 0 aromatic carbocycles. The van der Waals surface area contributed by atoms with E-state index in [1.807, 2.05) is 0 Å². The number of piperazine rings is 1. The monoisotopic (exact) mass is 241 g/mol. The van der Waals surface area contributed by atoms with E-state index in [1.165, 1.54) is 0 Å². The van der Waals surface area contributed by atoms with E-state index in [2.05, 4.69) is 37.6 Å². The number of ether oxygens (including phenoxy) is 1. The molecule has 2 saturated heterocycles. The molecule has 0 radical (unpaired) electrons. The third kappa shape index (κ3) is 2.65. The maximum atomic E-state index is 6.16. The molecule has 0 amide bonds. The van der Waals surface area contributed by atoms with Crippen LogP contribution >= 0.6 is 0 Å². The fraction of sp³-hybridized carbons (Fsp3) is 1.00. The number of nitrogens with two attached hydrogens (primary N) is 1. The second-order valence-electron chi connectivity index (χ2n) is 6.72. The summed E-state index contributed by atoms with van der Waals surface area (Å²) in [7, 11) is 2.21. The van der Waals surface area contributed by atoms with Crippen molar-refractivity contribution in [2.75, 3.05) is 46.4 Å². The highest BCUT2D eigenvalue weighted by molar-refractivity contribution is 4.96. The van der Waals surface area contributed by atoms with Crippen molar-refractivity contribution in [3.63, 3.8) is 0 Å². The first-order valence-corrected chi connectivity index (χ1v) is 6.60. The van der Waals surface area contributed by atoms with Crippen LogP contribution < -0.4 is 5.73 Å². The maximum absolute atomic E-state index is 6.16. The highest BCUT2D eigenvalue weighted by Crippen LogP contribution is 2.30. The summed E-state index contributed by atoms with van der Waals surface area (Å²) in [5, 5.41) is 0. The van der Waals surface area contributed by atoms with Crippen molar-refractivity contribution in [2.24, 2.45) is 11.1 Å². The van der Waals surface area contributed by atoms with Crippen LogP contribution in [0.2, 0.25) is 0 Å². The predicted molar refractivity (Wildman–Crippen MR) is 70.1 cm³/mol. The molecule has 0 bridgehead atoms. The van der Waals surface area contributed by atoms with Crippen LogP contribution in [0.15, 0.2) is 0 Å². The largest absolute Gasteiger partial charge is 0.379 e. The Kier molecular flexibility index (Phi) is 3.51. The molecule has 0 spiro atoms. The lowest BCUT2D eigenvalue weighted by molar-refractivity contribution is 0.0147. The van der Waals surface area contributed by atoms with Crippen LogP contribution in [-0.2, 0) is 4.74 Å². The fourth-order valence-electron chi connectivity index (χ4n) is 2.88. The Morgan fingerprint density at radius 1 is 1.29 bits per heavy atom. The Balaban J connectivity index is 1.96. The van der Waals surface area contributed by atoms with Crippen molar-refractivity contribution in [1.82, 2.24) is 9.80 Å². The van der Waals surface area contributed by atoms with Crippen molar-refractivity contribution in [1.29, 1.82) is 0 Å². The molecule has 2 heterocycles. The minimum Gasteiger partial charge on any atom is -0.379 e. The van der Waals surface area contributed by atoms with Crippen molar-refractivity contribution in [3.8, 4) is 0 Å². The van der Waals surface area contributed by atoms with Crippen LogP contribution in [0.3, 0.4) is 0 Å². The molecule has 2 aliphatic rings. The van der Waals surface area contributed by atoms with Gasteiger partial charge < -0.3 is 10.5 Å². The maximum Gasteiger partial charge on any atom is 0.0624 e. The van der Waals surface area contributed by atoms with E-state index in [-0.39, 0.29) is 17.0 Å². The summed E-state index contributed by atoms with van der Waals surface area (Å²) < 4.78 is 5.52. The summed E-state index contributed by atoms with van der Waals surface area (Å²) in [6.07, 6.45) is 0. The zero-order valence-electron chi connectivity index (χ0n) is 11.7. The van der Waals surface area contributed by atoms with Gasteiger partial charge in [0.05, 0.1) is 13.2 Å². The normalized spacial score (nSPS) is 39.7. The third-order valence-electron chi connectivity index (χ3n) is 4.60. The molecule has 2 unspecified atom stereocenters. The van der Waals surface area contributed by atoms with Crippen LogP contribution in [0, 0.1) is 5.41 Å². The molecule has 4 nitrogen and oxygen atoms in total. The lowest BCUT2D eigenvalue weighted by Crippen LogP contribution is -2.60. The number of hydrogen-bond donors (Lipinski definition) is 1. The molecular formula is C13H27N3O. The first-order valence-electron chi connectivity index (χ1n) is 6.60. The van der Waals surface area contributed by atoms with E-state index in [0.29, 0.717) is 6.61 Å². The Hall–Kier alpha value is -0.160. The van der Waals surface area contributed by atoms with Gasteiger partial charge in [-0.3, -0.25) is 9.80 Å². The molecule has 100 valence electrons. The molecule has 17 heavy (non-hydrogen) atoms. The molecule has 2 atom stereocenters. The summed E-state index contributed by atoms with van der Waals surface area (Å²) in [6.45, 7) is 12.9. The second-order valence-corrected chi connectivity index (χ2v) is 6.72. The summed E-state index contributed by atoms with van der Waals surface area (Å²) in [4.78, 5) is 4.99. The van der Waals surface area contributed by atoms with Crippen LogP contribution in [-0.4, -0.2) is 67.8 Å². The lowest BCUT2D eigenvalue weighted by Gasteiger charge is -2.47. The minimum absolute atomic E-state index is 0.131. The summed E-state index contributed by atoms with van der Waals surface area (Å²) >= 11 is 0. The van der Waals surface area contributed by atoms with E-state index in [0.717, 1.165) is 32.8 Å². The Bertz CT molecular complexity index is 282. The summed E-state index contributed by atoms with van der Waals surface area (Å²) in [5.74, 6) is 0. The van der Waals surface area contributed by atoms with Gasteiger partial charge in [0, 0.05) is 43.2 Å². The Morgan fingerprint density at radius 2 is 2.00 bits per heavy atom. The van der Waals surface area contributed by atoms with Gasteiger partial charge in [0.1, 0.15) is 0 Å².